The Bertz CT molecular complexity index is 1180. The van der Waals surface area contributed by atoms with Crippen LogP contribution in [0.1, 0.15) is 5.56 Å². The van der Waals surface area contributed by atoms with Crippen molar-refractivity contribution in [2.24, 2.45) is 0 Å². The van der Waals surface area contributed by atoms with Crippen molar-refractivity contribution in [1.29, 1.82) is 0 Å². The van der Waals surface area contributed by atoms with Crippen LogP contribution in [0, 0.1) is 6.92 Å². The van der Waals surface area contributed by atoms with Crippen molar-refractivity contribution in [3.8, 4) is 0 Å². The molecule has 0 amide bonds. The molecule has 166 valence electrons. The largest absolute Gasteiger partial charge is 0.480 e. The molecule has 0 bridgehead atoms. The standard InChI is InChI=1S/C21H23F2N3O4S/c1-12-4-5-13-18(20(12)31-3)26(11-17(27)28)21-14(19(13)29)6-7-16(24-21)25(8-9-30-2)10-15(22)23/h4-7,15H,8-11H2,1-3H3,(H,27,28). The van der Waals surface area contributed by atoms with E-state index in [2.05, 4.69) is 4.98 Å². The molecular formula is C21H23F2N3O4S. The van der Waals surface area contributed by atoms with Crippen LogP contribution in [-0.4, -0.2) is 60.1 Å². The molecule has 3 aromatic rings. The summed E-state index contributed by atoms with van der Waals surface area (Å²) in [5.41, 5.74) is 1.25. The van der Waals surface area contributed by atoms with Crippen LogP contribution in [0.25, 0.3) is 21.9 Å². The number of carbonyl (C=O) groups is 1. The average molecular weight is 451 g/mol. The fourth-order valence-electron chi connectivity index (χ4n) is 3.59. The molecule has 3 rings (SSSR count). The summed E-state index contributed by atoms with van der Waals surface area (Å²) in [6.07, 6.45) is -0.751. The highest BCUT2D eigenvalue weighted by Gasteiger charge is 2.20. The van der Waals surface area contributed by atoms with E-state index in [1.165, 1.54) is 40.5 Å². The number of fused-ring (bicyclic) bond motifs is 2. The van der Waals surface area contributed by atoms with Gasteiger partial charge in [-0.05, 0) is 36.9 Å². The van der Waals surface area contributed by atoms with Gasteiger partial charge in [-0.3, -0.25) is 9.59 Å². The van der Waals surface area contributed by atoms with Crippen LogP contribution in [0.5, 0.6) is 0 Å². The highest BCUT2D eigenvalue weighted by atomic mass is 32.2. The number of thioether (sulfide) groups is 1. The van der Waals surface area contributed by atoms with Crippen LogP contribution in [0.3, 0.4) is 0 Å². The van der Waals surface area contributed by atoms with Crippen LogP contribution in [0.4, 0.5) is 14.6 Å². The van der Waals surface area contributed by atoms with Gasteiger partial charge < -0.3 is 19.3 Å². The molecule has 31 heavy (non-hydrogen) atoms. The first-order valence-electron chi connectivity index (χ1n) is 9.53. The molecule has 2 heterocycles. The quantitative estimate of drug-likeness (QED) is 0.394. The van der Waals surface area contributed by atoms with Crippen molar-refractivity contribution in [3.63, 3.8) is 0 Å². The van der Waals surface area contributed by atoms with Gasteiger partial charge in [-0.25, -0.2) is 13.8 Å². The third kappa shape index (κ3) is 4.64. The second kappa shape index (κ2) is 9.61. The van der Waals surface area contributed by atoms with Gasteiger partial charge >= 0.3 is 5.97 Å². The molecule has 7 nitrogen and oxygen atoms in total. The Labute approximate surface area is 181 Å². The number of hydrogen-bond donors (Lipinski definition) is 1. The smallest absolute Gasteiger partial charge is 0.323 e. The maximum Gasteiger partial charge on any atom is 0.323 e. The van der Waals surface area contributed by atoms with E-state index in [1.54, 1.807) is 6.07 Å². The predicted octanol–water partition coefficient (Wildman–Crippen LogP) is 3.38. The zero-order chi connectivity index (χ0) is 22.7. The van der Waals surface area contributed by atoms with Crippen LogP contribution < -0.4 is 10.3 Å². The molecular weight excluding hydrogens is 428 g/mol. The van der Waals surface area contributed by atoms with E-state index in [-0.39, 0.29) is 35.4 Å². The number of halogens is 2. The van der Waals surface area contributed by atoms with Gasteiger partial charge in [0.2, 0.25) is 0 Å². The molecule has 0 radical (unpaired) electrons. The normalized spacial score (nSPS) is 11.5. The van der Waals surface area contributed by atoms with E-state index < -0.39 is 25.5 Å². The Balaban J connectivity index is 2.37. The number of pyridine rings is 2. The lowest BCUT2D eigenvalue weighted by Gasteiger charge is -2.24. The number of carboxylic acids is 1. The number of nitrogens with zero attached hydrogens (tertiary/aromatic N) is 3. The third-order valence-electron chi connectivity index (χ3n) is 4.95. The van der Waals surface area contributed by atoms with Gasteiger partial charge in [0, 0.05) is 23.9 Å². The number of ether oxygens (including phenoxy) is 1. The van der Waals surface area contributed by atoms with Crippen LogP contribution in [0.15, 0.2) is 34.0 Å². The minimum atomic E-state index is -2.60. The molecule has 10 heteroatoms. The maximum absolute atomic E-state index is 13.2. The van der Waals surface area contributed by atoms with Crippen LogP contribution in [-0.2, 0) is 16.1 Å². The number of hydrogen-bond acceptors (Lipinski definition) is 6. The summed E-state index contributed by atoms with van der Waals surface area (Å²) in [6.45, 7) is 1.28. The van der Waals surface area contributed by atoms with Gasteiger partial charge in [0.25, 0.3) is 6.43 Å². The molecule has 0 aliphatic heterocycles. The minimum Gasteiger partial charge on any atom is -0.480 e. The zero-order valence-electron chi connectivity index (χ0n) is 17.4. The fourth-order valence-corrected chi connectivity index (χ4v) is 4.39. The topological polar surface area (TPSA) is 84.7 Å². The number of aliphatic carboxylic acids is 1. The van der Waals surface area contributed by atoms with Gasteiger partial charge in [-0.15, -0.1) is 11.8 Å². The van der Waals surface area contributed by atoms with E-state index in [0.29, 0.717) is 10.9 Å². The Morgan fingerprint density at radius 3 is 2.61 bits per heavy atom. The number of alkyl halides is 2. The Kier molecular flexibility index (Phi) is 7.11. The Morgan fingerprint density at radius 1 is 1.29 bits per heavy atom. The highest BCUT2D eigenvalue weighted by Crippen LogP contribution is 2.31. The van der Waals surface area contributed by atoms with Gasteiger partial charge in [0.05, 0.1) is 24.1 Å². The molecule has 1 aromatic carbocycles. The van der Waals surface area contributed by atoms with E-state index in [1.807, 2.05) is 19.2 Å². The second-order valence-corrected chi connectivity index (χ2v) is 7.81. The summed E-state index contributed by atoms with van der Waals surface area (Å²) < 4.78 is 32.8. The van der Waals surface area contributed by atoms with Crippen molar-refractivity contribution in [3.05, 3.63) is 40.1 Å². The predicted molar refractivity (Wildman–Crippen MR) is 118 cm³/mol. The molecule has 1 N–H and O–H groups in total. The first kappa shape index (κ1) is 23.0. The zero-order valence-corrected chi connectivity index (χ0v) is 18.2. The van der Waals surface area contributed by atoms with Gasteiger partial charge in [-0.2, -0.15) is 0 Å². The van der Waals surface area contributed by atoms with E-state index in [9.17, 15) is 23.5 Å². The Morgan fingerprint density at radius 2 is 2.00 bits per heavy atom. The summed E-state index contributed by atoms with van der Waals surface area (Å²) in [7, 11) is 1.47. The lowest BCUT2D eigenvalue weighted by atomic mass is 10.1. The Hall–Kier alpha value is -2.72. The van der Waals surface area contributed by atoms with Gasteiger partial charge in [0.15, 0.2) is 5.43 Å². The molecule has 0 fully saturated rings. The lowest BCUT2D eigenvalue weighted by molar-refractivity contribution is -0.137. The molecule has 0 saturated carbocycles. The van der Waals surface area contributed by atoms with Crippen LogP contribution in [0.2, 0.25) is 0 Å². The van der Waals surface area contributed by atoms with Crippen molar-refractivity contribution in [1.82, 2.24) is 9.55 Å². The first-order chi connectivity index (χ1) is 14.8. The third-order valence-corrected chi connectivity index (χ3v) is 5.87. The summed E-state index contributed by atoms with van der Waals surface area (Å²) in [6, 6.07) is 6.52. The molecule has 0 saturated heterocycles. The molecule has 0 unspecified atom stereocenters. The van der Waals surface area contributed by atoms with Crippen molar-refractivity contribution in [2.45, 2.75) is 24.8 Å². The van der Waals surface area contributed by atoms with Crippen molar-refractivity contribution < 1.29 is 23.4 Å². The summed E-state index contributed by atoms with van der Waals surface area (Å²) >= 11 is 1.41. The van der Waals surface area contributed by atoms with Gasteiger partial charge in [0.1, 0.15) is 18.0 Å². The summed E-state index contributed by atoms with van der Waals surface area (Å²) in [5.74, 6) is -0.878. The number of rotatable bonds is 9. The maximum atomic E-state index is 13.2. The van der Waals surface area contributed by atoms with Crippen molar-refractivity contribution >= 4 is 45.5 Å². The number of aryl methyl sites for hydroxylation is 1. The summed E-state index contributed by atoms with van der Waals surface area (Å²) in [4.78, 5) is 31.5. The van der Waals surface area contributed by atoms with Gasteiger partial charge in [-0.1, -0.05) is 6.07 Å². The number of methoxy groups -OCH3 is 1. The average Bonchev–Trinajstić information content (AvgIpc) is 2.73. The first-order valence-corrected chi connectivity index (χ1v) is 10.8. The van der Waals surface area contributed by atoms with Crippen molar-refractivity contribution in [2.75, 3.05) is 38.0 Å². The molecule has 0 spiro atoms. The monoisotopic (exact) mass is 451 g/mol. The van der Waals surface area contributed by atoms with E-state index in [0.717, 1.165) is 10.5 Å². The SMILES string of the molecule is COCCN(CC(F)F)c1ccc2c(=O)c3ccc(C)c(SC)c3n(CC(=O)O)c2n1. The minimum absolute atomic E-state index is 0.148. The molecule has 0 atom stereocenters. The van der Waals surface area contributed by atoms with E-state index in [4.69, 9.17) is 4.74 Å². The number of carboxylic acid groups (broad SMARTS) is 1. The highest BCUT2D eigenvalue weighted by molar-refractivity contribution is 7.98. The number of benzene rings is 1. The van der Waals surface area contributed by atoms with Crippen LogP contribution >= 0.6 is 11.8 Å². The molecule has 0 aliphatic carbocycles. The molecule has 2 aromatic heterocycles. The second-order valence-electron chi connectivity index (χ2n) is 6.99. The lowest BCUT2D eigenvalue weighted by Crippen LogP contribution is -2.33. The van der Waals surface area contributed by atoms with E-state index >= 15 is 0 Å². The number of anilines is 1. The number of aromatic nitrogens is 2. The molecule has 0 aliphatic rings. The fraction of sp³-hybridized carbons (Fsp3) is 0.381. The summed E-state index contributed by atoms with van der Waals surface area (Å²) in [5, 5.41) is 10.2.